The molecule has 1 saturated carbocycles. The van der Waals surface area contributed by atoms with Gasteiger partial charge in [0.15, 0.2) is 5.96 Å². The van der Waals surface area contributed by atoms with Crippen LogP contribution in [-0.2, 0) is 16.6 Å². The van der Waals surface area contributed by atoms with Crippen molar-refractivity contribution in [3.63, 3.8) is 0 Å². The molecule has 0 unspecified atom stereocenters. The molecule has 0 aliphatic heterocycles. The van der Waals surface area contributed by atoms with Crippen LogP contribution in [0.25, 0.3) is 0 Å². The van der Waals surface area contributed by atoms with Crippen LogP contribution in [0.3, 0.4) is 0 Å². The van der Waals surface area contributed by atoms with Gasteiger partial charge in [0.25, 0.3) is 0 Å². The van der Waals surface area contributed by atoms with Crippen molar-refractivity contribution in [3.05, 3.63) is 21.3 Å². The summed E-state index contributed by atoms with van der Waals surface area (Å²) in [7, 11) is -1.33. The number of thiophene rings is 1. The Labute approximate surface area is 159 Å². The van der Waals surface area contributed by atoms with Crippen LogP contribution in [0.2, 0.25) is 4.34 Å². The third-order valence-corrected chi connectivity index (χ3v) is 6.70. The van der Waals surface area contributed by atoms with E-state index < -0.39 is 10.0 Å². The number of guanidine groups is 1. The highest BCUT2D eigenvalue weighted by molar-refractivity contribution is 7.89. The van der Waals surface area contributed by atoms with E-state index in [1.165, 1.54) is 17.8 Å². The lowest BCUT2D eigenvalue weighted by atomic mass is 9.86. The summed E-state index contributed by atoms with van der Waals surface area (Å²) in [5, 5.41) is 3.20. The lowest BCUT2D eigenvalue weighted by Crippen LogP contribution is -2.39. The van der Waals surface area contributed by atoms with Crippen LogP contribution in [0.5, 0.6) is 0 Å². The highest BCUT2D eigenvalue weighted by atomic mass is 35.5. The van der Waals surface area contributed by atoms with Crippen molar-refractivity contribution in [1.82, 2.24) is 14.9 Å². The Balaban J connectivity index is 1.84. The summed E-state index contributed by atoms with van der Waals surface area (Å²) in [5.41, 5.74) is 0. The van der Waals surface area contributed by atoms with Crippen molar-refractivity contribution >= 4 is 38.9 Å². The molecule has 9 heteroatoms. The maximum absolute atomic E-state index is 12.1. The van der Waals surface area contributed by atoms with Crippen LogP contribution in [0, 0.1) is 5.92 Å². The summed E-state index contributed by atoms with van der Waals surface area (Å²) in [5.74, 6) is 1.22. The molecule has 1 fully saturated rings. The predicted molar refractivity (Wildman–Crippen MR) is 106 cm³/mol. The second kappa shape index (κ2) is 9.75. The fourth-order valence-electron chi connectivity index (χ4n) is 2.50. The van der Waals surface area contributed by atoms with Crippen LogP contribution in [-0.4, -0.2) is 51.7 Å². The molecule has 6 nitrogen and oxygen atoms in total. The Hall–Kier alpha value is -0.830. The van der Waals surface area contributed by atoms with E-state index >= 15 is 0 Å². The maximum atomic E-state index is 12.1. The number of sulfonamides is 1. The first kappa shape index (κ1) is 20.5. The number of aliphatic imine (C=N–C) groups is 1. The average Bonchev–Trinajstić information content (AvgIpc) is 2.89. The summed E-state index contributed by atoms with van der Waals surface area (Å²) >= 11 is 7.50. The molecule has 2 rings (SSSR count). The van der Waals surface area contributed by atoms with Gasteiger partial charge in [0.2, 0.25) is 10.0 Å². The first-order valence-corrected chi connectivity index (χ1v) is 11.5. The van der Waals surface area contributed by atoms with Gasteiger partial charge in [-0.15, -0.1) is 11.3 Å². The molecule has 142 valence electrons. The molecule has 25 heavy (non-hydrogen) atoms. The minimum Gasteiger partial charge on any atom is -0.357 e. The van der Waals surface area contributed by atoms with Crippen LogP contribution >= 0.6 is 22.9 Å². The molecule has 1 aliphatic carbocycles. The lowest BCUT2D eigenvalue weighted by molar-refractivity contribution is 0.316. The Morgan fingerprint density at radius 2 is 2.20 bits per heavy atom. The van der Waals surface area contributed by atoms with Gasteiger partial charge in [0.1, 0.15) is 0 Å². The molecule has 0 radical (unpaired) electrons. The van der Waals surface area contributed by atoms with E-state index in [0.717, 1.165) is 28.6 Å². The molecule has 0 amide bonds. The van der Waals surface area contributed by atoms with Gasteiger partial charge < -0.3 is 10.2 Å². The molecule has 1 heterocycles. The number of nitrogens with one attached hydrogen (secondary N) is 2. The van der Waals surface area contributed by atoms with Gasteiger partial charge in [-0.25, -0.2) is 13.1 Å². The van der Waals surface area contributed by atoms with E-state index in [0.29, 0.717) is 25.0 Å². The fraction of sp³-hybridized carbons (Fsp3) is 0.688. The first-order chi connectivity index (χ1) is 11.9. The van der Waals surface area contributed by atoms with E-state index in [1.54, 1.807) is 0 Å². The van der Waals surface area contributed by atoms with E-state index in [4.69, 9.17) is 11.6 Å². The van der Waals surface area contributed by atoms with Crippen LogP contribution in [0.15, 0.2) is 17.1 Å². The number of hydrogen-bond donors (Lipinski definition) is 2. The Morgan fingerprint density at radius 1 is 1.44 bits per heavy atom. The normalized spacial score (nSPS) is 15.9. The van der Waals surface area contributed by atoms with E-state index in [2.05, 4.69) is 15.0 Å². The zero-order chi connectivity index (χ0) is 18.3. The molecule has 0 spiro atoms. The molecule has 0 bridgehead atoms. The molecule has 1 aromatic rings. The van der Waals surface area contributed by atoms with Gasteiger partial charge in [0.05, 0.1) is 23.2 Å². The van der Waals surface area contributed by atoms with E-state index in [9.17, 15) is 8.42 Å². The average molecular weight is 407 g/mol. The van der Waals surface area contributed by atoms with Crippen molar-refractivity contribution in [1.29, 1.82) is 0 Å². The Bertz CT molecular complexity index is 671. The van der Waals surface area contributed by atoms with Crippen LogP contribution in [0.1, 0.15) is 31.1 Å². The summed E-state index contributed by atoms with van der Waals surface area (Å²) in [6, 6.07) is 3.86. The van der Waals surface area contributed by atoms with Gasteiger partial charge in [-0.05, 0) is 37.8 Å². The number of hydrogen-bond acceptors (Lipinski definition) is 4. The van der Waals surface area contributed by atoms with Gasteiger partial charge in [-0.1, -0.05) is 18.0 Å². The zero-order valence-electron chi connectivity index (χ0n) is 14.8. The minimum atomic E-state index is -3.26. The Morgan fingerprint density at radius 3 is 2.76 bits per heavy atom. The van der Waals surface area contributed by atoms with Gasteiger partial charge in [0, 0.05) is 25.0 Å². The second-order valence-corrected chi connectivity index (χ2v) is 9.99. The van der Waals surface area contributed by atoms with Crippen LogP contribution < -0.4 is 10.0 Å². The fourth-order valence-corrected chi connectivity index (χ4v) is 4.61. The standard InChI is InChI=1S/C16H27ClN4O2S2/c1-3-18-16(21(2)12-14-7-8-15(17)24-14)19-9-10-25(22,23)20-11-13-5-4-6-13/h7-8,13,20H,3-6,9-12H2,1-2H3,(H,18,19). The van der Waals surface area contributed by atoms with Gasteiger partial charge in [-0.2, -0.15) is 0 Å². The second-order valence-electron chi connectivity index (χ2n) is 6.26. The smallest absolute Gasteiger partial charge is 0.213 e. The Kier molecular flexibility index (Phi) is 7.99. The van der Waals surface area contributed by atoms with Crippen molar-refractivity contribution < 1.29 is 8.42 Å². The quantitative estimate of drug-likeness (QED) is 0.488. The highest BCUT2D eigenvalue weighted by Crippen LogP contribution is 2.25. The van der Waals surface area contributed by atoms with Crippen molar-refractivity contribution in [3.8, 4) is 0 Å². The summed E-state index contributed by atoms with van der Waals surface area (Å²) in [6.07, 6.45) is 3.47. The zero-order valence-corrected chi connectivity index (χ0v) is 17.2. The third-order valence-electron chi connectivity index (χ3n) is 4.16. The summed E-state index contributed by atoms with van der Waals surface area (Å²) in [6.45, 7) is 4.18. The maximum Gasteiger partial charge on any atom is 0.213 e. The van der Waals surface area contributed by atoms with Gasteiger partial charge >= 0.3 is 0 Å². The van der Waals surface area contributed by atoms with Crippen molar-refractivity contribution in [2.45, 2.75) is 32.7 Å². The first-order valence-electron chi connectivity index (χ1n) is 8.60. The molecule has 1 aliphatic rings. The van der Waals surface area contributed by atoms with Crippen LogP contribution in [0.4, 0.5) is 0 Å². The lowest BCUT2D eigenvalue weighted by Gasteiger charge is -2.25. The number of rotatable bonds is 9. The van der Waals surface area contributed by atoms with E-state index in [-0.39, 0.29) is 12.3 Å². The predicted octanol–water partition coefficient (Wildman–Crippen LogP) is 2.52. The minimum absolute atomic E-state index is 0.00723. The molecule has 2 N–H and O–H groups in total. The highest BCUT2D eigenvalue weighted by Gasteiger charge is 2.20. The summed E-state index contributed by atoms with van der Waals surface area (Å²) in [4.78, 5) is 7.55. The number of nitrogens with zero attached hydrogens (tertiary/aromatic N) is 2. The largest absolute Gasteiger partial charge is 0.357 e. The SMILES string of the molecule is CCNC(=NCCS(=O)(=O)NCC1CCC1)N(C)Cc1ccc(Cl)s1. The van der Waals surface area contributed by atoms with Crippen molar-refractivity contribution in [2.24, 2.45) is 10.9 Å². The molecular formula is C16H27ClN4O2S2. The van der Waals surface area contributed by atoms with E-state index in [1.807, 2.05) is 31.0 Å². The molecule has 0 atom stereocenters. The molecule has 0 saturated heterocycles. The molecular weight excluding hydrogens is 380 g/mol. The third kappa shape index (κ3) is 7.13. The summed E-state index contributed by atoms with van der Waals surface area (Å²) < 4.78 is 27.6. The van der Waals surface area contributed by atoms with Gasteiger partial charge in [-0.3, -0.25) is 4.99 Å². The topological polar surface area (TPSA) is 73.8 Å². The monoisotopic (exact) mass is 406 g/mol. The number of halogens is 1. The molecule has 0 aromatic carbocycles. The van der Waals surface area contributed by atoms with Crippen molar-refractivity contribution in [2.75, 3.05) is 32.4 Å². The molecule has 1 aromatic heterocycles.